The van der Waals surface area contributed by atoms with Crippen LogP contribution in [0.2, 0.25) is 0 Å². The minimum atomic E-state index is -4.82. The molecule has 2 aromatic carbocycles. The van der Waals surface area contributed by atoms with Gasteiger partial charge in [0.1, 0.15) is 0 Å². The third kappa shape index (κ3) is 3.42. The molecule has 0 amide bonds. The monoisotopic (exact) mass is 305 g/mol. The molecule has 22 heavy (non-hydrogen) atoms. The summed E-state index contributed by atoms with van der Waals surface area (Å²) in [4.78, 5) is 15.8. The van der Waals surface area contributed by atoms with Crippen LogP contribution in [0, 0.1) is 13.8 Å². The van der Waals surface area contributed by atoms with E-state index in [0.29, 0.717) is 11.1 Å². The van der Waals surface area contributed by atoms with Crippen molar-refractivity contribution in [2.24, 2.45) is 4.99 Å². The highest BCUT2D eigenvalue weighted by Gasteiger charge is 2.41. The zero-order chi connectivity index (χ0) is 16.3. The molecule has 0 saturated carbocycles. The highest BCUT2D eigenvalue weighted by molar-refractivity contribution is 6.48. The molecule has 0 saturated heterocycles. The Bertz CT molecular complexity index is 698. The van der Waals surface area contributed by atoms with Crippen molar-refractivity contribution in [3.05, 3.63) is 65.2 Å². The lowest BCUT2D eigenvalue weighted by molar-refractivity contribution is -0.0581. The smallest absolute Gasteiger partial charge is 0.287 e. The molecule has 2 nitrogen and oxygen atoms in total. The van der Waals surface area contributed by atoms with Crippen molar-refractivity contribution in [1.29, 1.82) is 0 Å². The summed E-state index contributed by atoms with van der Waals surface area (Å²) in [7, 11) is 0. The van der Waals surface area contributed by atoms with Gasteiger partial charge in [0.25, 0.3) is 0 Å². The van der Waals surface area contributed by atoms with Crippen LogP contribution < -0.4 is 0 Å². The van der Waals surface area contributed by atoms with E-state index in [0.717, 1.165) is 0 Å². The molecule has 0 radical (unpaired) electrons. The molecular weight excluding hydrogens is 291 g/mol. The summed E-state index contributed by atoms with van der Waals surface area (Å²) < 4.78 is 39.8. The van der Waals surface area contributed by atoms with Crippen LogP contribution in [-0.4, -0.2) is 17.7 Å². The molecule has 5 heteroatoms. The van der Waals surface area contributed by atoms with Gasteiger partial charge < -0.3 is 0 Å². The topological polar surface area (TPSA) is 29.4 Å². The zero-order valence-electron chi connectivity index (χ0n) is 12.1. The number of hydrogen-bond donors (Lipinski definition) is 0. The van der Waals surface area contributed by atoms with Crippen LogP contribution in [0.25, 0.3) is 0 Å². The first-order chi connectivity index (χ1) is 10.3. The number of hydrogen-bond acceptors (Lipinski definition) is 2. The van der Waals surface area contributed by atoms with E-state index < -0.39 is 17.7 Å². The van der Waals surface area contributed by atoms with Gasteiger partial charge in [0.15, 0.2) is 5.71 Å². The number of Topliss-reactive ketones (excluding diaryl/α,β-unsaturated/α-hetero) is 1. The normalized spacial score (nSPS) is 12.3. The van der Waals surface area contributed by atoms with Crippen molar-refractivity contribution >= 4 is 17.2 Å². The van der Waals surface area contributed by atoms with Crippen molar-refractivity contribution in [3.63, 3.8) is 0 Å². The van der Waals surface area contributed by atoms with Gasteiger partial charge in [-0.2, -0.15) is 13.2 Å². The van der Waals surface area contributed by atoms with Crippen LogP contribution in [-0.2, 0) is 0 Å². The molecule has 0 aliphatic carbocycles. The summed E-state index contributed by atoms with van der Waals surface area (Å²) in [6.45, 7) is 3.32. The summed E-state index contributed by atoms with van der Waals surface area (Å²) in [6.07, 6.45) is -4.82. The fourth-order valence-corrected chi connectivity index (χ4v) is 2.06. The van der Waals surface area contributed by atoms with Crippen LogP contribution in [0.5, 0.6) is 0 Å². The van der Waals surface area contributed by atoms with Gasteiger partial charge in [-0.15, -0.1) is 0 Å². The van der Waals surface area contributed by atoms with Crippen LogP contribution in [0.4, 0.5) is 18.9 Å². The molecule has 0 aromatic heterocycles. The van der Waals surface area contributed by atoms with Crippen LogP contribution in [0.1, 0.15) is 21.5 Å². The maximum atomic E-state index is 13.3. The highest BCUT2D eigenvalue weighted by Crippen LogP contribution is 2.28. The van der Waals surface area contributed by atoms with Crippen molar-refractivity contribution in [2.45, 2.75) is 20.0 Å². The van der Waals surface area contributed by atoms with Crippen molar-refractivity contribution in [1.82, 2.24) is 0 Å². The number of rotatable bonds is 3. The van der Waals surface area contributed by atoms with Crippen LogP contribution in [0.15, 0.2) is 53.5 Å². The molecule has 0 fully saturated rings. The van der Waals surface area contributed by atoms with Gasteiger partial charge in [-0.3, -0.25) is 4.79 Å². The highest BCUT2D eigenvalue weighted by atomic mass is 19.4. The maximum absolute atomic E-state index is 13.3. The third-order valence-electron chi connectivity index (χ3n) is 3.18. The second-order valence-electron chi connectivity index (χ2n) is 4.89. The average Bonchev–Trinajstić information content (AvgIpc) is 2.46. The fourth-order valence-electron chi connectivity index (χ4n) is 2.06. The van der Waals surface area contributed by atoms with E-state index >= 15 is 0 Å². The standard InChI is InChI=1S/C17H14F3NO/c1-11-7-6-8-12(2)14(11)21-16(17(18,19)20)15(22)13-9-4-3-5-10-13/h3-10H,1-2H3. The molecule has 0 aliphatic rings. The molecule has 0 spiro atoms. The molecule has 0 N–H and O–H groups in total. The quantitative estimate of drug-likeness (QED) is 0.590. The Labute approximate surface area is 126 Å². The third-order valence-corrected chi connectivity index (χ3v) is 3.18. The summed E-state index contributed by atoms with van der Waals surface area (Å²) in [5.41, 5.74) is -0.0924. The Kier molecular flexibility index (Phi) is 4.45. The first kappa shape index (κ1) is 15.9. The second-order valence-corrected chi connectivity index (χ2v) is 4.89. The molecule has 114 valence electrons. The van der Waals surface area contributed by atoms with Gasteiger partial charge in [-0.05, 0) is 25.0 Å². The van der Waals surface area contributed by atoms with Crippen LogP contribution in [0.3, 0.4) is 0 Å². The Morgan fingerprint density at radius 2 is 1.45 bits per heavy atom. The summed E-state index contributed by atoms with van der Waals surface area (Å²) in [5.74, 6) is -1.13. The number of ketones is 1. The number of benzene rings is 2. The van der Waals surface area contributed by atoms with E-state index in [1.54, 1.807) is 38.1 Å². The molecular formula is C17H14F3NO. The van der Waals surface area contributed by atoms with Gasteiger partial charge in [-0.25, -0.2) is 4.99 Å². The molecule has 0 unspecified atom stereocenters. The zero-order valence-corrected chi connectivity index (χ0v) is 12.1. The predicted octanol–water partition coefficient (Wildman–Crippen LogP) is 4.82. The SMILES string of the molecule is Cc1cccc(C)c1N=C(C(=O)c1ccccc1)C(F)(F)F. The van der Waals surface area contributed by atoms with Crippen molar-refractivity contribution in [3.8, 4) is 0 Å². The van der Waals surface area contributed by atoms with Crippen molar-refractivity contribution < 1.29 is 18.0 Å². The number of aryl methyl sites for hydroxylation is 2. The van der Waals surface area contributed by atoms with E-state index in [2.05, 4.69) is 4.99 Å². The van der Waals surface area contributed by atoms with Gasteiger partial charge >= 0.3 is 6.18 Å². The minimum absolute atomic E-state index is 0.0372. The summed E-state index contributed by atoms with van der Waals surface area (Å²) in [6, 6.07) is 12.4. The number of halogens is 3. The minimum Gasteiger partial charge on any atom is -0.287 e. The van der Waals surface area contributed by atoms with Gasteiger partial charge in [0.05, 0.1) is 5.69 Å². The summed E-state index contributed by atoms with van der Waals surface area (Å²) >= 11 is 0. The Morgan fingerprint density at radius 3 is 1.95 bits per heavy atom. The number of alkyl halides is 3. The first-order valence-corrected chi connectivity index (χ1v) is 6.62. The van der Waals surface area contributed by atoms with Crippen LogP contribution >= 0.6 is 0 Å². The number of nitrogens with zero attached hydrogens (tertiary/aromatic N) is 1. The largest absolute Gasteiger partial charge is 0.437 e. The molecule has 0 bridgehead atoms. The number of carbonyl (C=O) groups is 1. The second kappa shape index (κ2) is 6.13. The molecule has 0 atom stereocenters. The maximum Gasteiger partial charge on any atom is 0.437 e. The van der Waals surface area contributed by atoms with E-state index in [4.69, 9.17) is 0 Å². The lowest BCUT2D eigenvalue weighted by atomic mass is 10.1. The van der Waals surface area contributed by atoms with E-state index in [1.165, 1.54) is 24.3 Å². The molecule has 0 aliphatic heterocycles. The number of aliphatic imine (C=N–C) groups is 1. The average molecular weight is 305 g/mol. The van der Waals surface area contributed by atoms with E-state index in [1.807, 2.05) is 0 Å². The summed E-state index contributed by atoms with van der Waals surface area (Å²) in [5, 5.41) is 0. The lowest BCUT2D eigenvalue weighted by Crippen LogP contribution is -2.31. The Balaban J connectivity index is 2.57. The van der Waals surface area contributed by atoms with Gasteiger partial charge in [0.2, 0.25) is 5.78 Å². The Hall–Kier alpha value is -2.43. The Morgan fingerprint density at radius 1 is 0.909 bits per heavy atom. The predicted molar refractivity (Wildman–Crippen MR) is 79.8 cm³/mol. The van der Waals surface area contributed by atoms with Gasteiger partial charge in [0, 0.05) is 5.56 Å². The first-order valence-electron chi connectivity index (χ1n) is 6.62. The lowest BCUT2D eigenvalue weighted by Gasteiger charge is -2.12. The molecule has 0 heterocycles. The van der Waals surface area contributed by atoms with E-state index in [-0.39, 0.29) is 11.3 Å². The van der Waals surface area contributed by atoms with E-state index in [9.17, 15) is 18.0 Å². The molecule has 2 aromatic rings. The number of carbonyl (C=O) groups excluding carboxylic acids is 1. The fraction of sp³-hybridized carbons (Fsp3) is 0.176. The number of para-hydroxylation sites is 1. The van der Waals surface area contributed by atoms with Gasteiger partial charge in [-0.1, -0.05) is 48.5 Å². The van der Waals surface area contributed by atoms with Crippen molar-refractivity contribution in [2.75, 3.05) is 0 Å². The molecule has 2 rings (SSSR count).